The normalized spacial score (nSPS) is 17.1. The average Bonchev–Trinajstić information content (AvgIpc) is 3.19. The van der Waals surface area contributed by atoms with Gasteiger partial charge in [-0.05, 0) is 26.3 Å². The van der Waals surface area contributed by atoms with Crippen LogP contribution in [0.5, 0.6) is 0 Å². The van der Waals surface area contributed by atoms with E-state index < -0.39 is 0 Å². The van der Waals surface area contributed by atoms with Gasteiger partial charge in [0.15, 0.2) is 5.82 Å². The molecule has 156 valence electrons. The molecule has 0 spiro atoms. The van der Waals surface area contributed by atoms with E-state index in [4.69, 9.17) is 4.84 Å². The van der Waals surface area contributed by atoms with Gasteiger partial charge in [0, 0.05) is 41.0 Å². The molecule has 3 heterocycles. The summed E-state index contributed by atoms with van der Waals surface area (Å²) in [6.45, 7) is 7.40. The van der Waals surface area contributed by atoms with Crippen LogP contribution in [0.15, 0.2) is 41.9 Å². The first-order chi connectivity index (χ1) is 14.6. The van der Waals surface area contributed by atoms with Gasteiger partial charge < -0.3 is 4.90 Å². The van der Waals surface area contributed by atoms with Gasteiger partial charge in [-0.15, -0.1) is 11.3 Å². The summed E-state index contributed by atoms with van der Waals surface area (Å²) in [6, 6.07) is 9.57. The number of carbonyl (C=O) groups is 1. The van der Waals surface area contributed by atoms with Crippen molar-refractivity contribution in [2.24, 2.45) is 0 Å². The maximum Gasteiger partial charge on any atom is 0.254 e. The van der Waals surface area contributed by atoms with Crippen molar-refractivity contribution in [3.8, 4) is 10.6 Å². The largest absolute Gasteiger partial charge is 0.331 e. The van der Waals surface area contributed by atoms with Crippen molar-refractivity contribution >= 4 is 23.1 Å². The number of hydrogen-bond donors (Lipinski definition) is 0. The third-order valence-corrected chi connectivity index (χ3v) is 5.97. The Kier molecular flexibility index (Phi) is 6.06. The molecule has 30 heavy (non-hydrogen) atoms. The quantitative estimate of drug-likeness (QED) is 0.634. The summed E-state index contributed by atoms with van der Waals surface area (Å²) in [5.41, 5.74) is 2.44. The van der Waals surface area contributed by atoms with E-state index in [1.54, 1.807) is 11.3 Å². The second kappa shape index (κ2) is 8.89. The lowest BCUT2D eigenvalue weighted by molar-refractivity contribution is 0.0558. The van der Waals surface area contributed by atoms with Crippen LogP contribution < -0.4 is 5.06 Å². The number of anilines is 1. The Morgan fingerprint density at radius 2 is 2.07 bits per heavy atom. The Hall–Kier alpha value is -2.84. The summed E-state index contributed by atoms with van der Waals surface area (Å²) < 4.78 is 0. The highest BCUT2D eigenvalue weighted by Crippen LogP contribution is 2.28. The van der Waals surface area contributed by atoms with Gasteiger partial charge in [0.1, 0.15) is 10.8 Å². The van der Waals surface area contributed by atoms with Crippen LogP contribution in [0.2, 0.25) is 0 Å². The molecule has 1 aliphatic heterocycles. The van der Waals surface area contributed by atoms with Crippen molar-refractivity contribution < 1.29 is 9.63 Å². The van der Waals surface area contributed by atoms with Crippen molar-refractivity contribution in [2.45, 2.75) is 33.2 Å². The number of benzene rings is 1. The second-order valence-electron chi connectivity index (χ2n) is 7.26. The Morgan fingerprint density at radius 3 is 2.80 bits per heavy atom. The lowest BCUT2D eigenvalue weighted by Gasteiger charge is -2.28. The van der Waals surface area contributed by atoms with E-state index >= 15 is 0 Å². The van der Waals surface area contributed by atoms with E-state index in [0.29, 0.717) is 31.1 Å². The van der Waals surface area contributed by atoms with Gasteiger partial charge in [-0.3, -0.25) is 9.63 Å². The zero-order valence-electron chi connectivity index (χ0n) is 17.4. The molecule has 4 rings (SSSR count). The number of rotatable bonds is 4. The third-order valence-electron chi connectivity index (χ3n) is 5.17. The molecule has 0 N–H and O–H groups in total. The molecule has 3 aromatic rings. The molecule has 0 aliphatic carbocycles. The van der Waals surface area contributed by atoms with Gasteiger partial charge in [-0.2, -0.15) is 0 Å². The van der Waals surface area contributed by atoms with Gasteiger partial charge in [0.25, 0.3) is 5.91 Å². The highest BCUT2D eigenvalue weighted by Gasteiger charge is 2.30. The zero-order chi connectivity index (χ0) is 21.1. The van der Waals surface area contributed by atoms with Crippen LogP contribution in [0.1, 0.15) is 35.2 Å². The van der Waals surface area contributed by atoms with E-state index in [1.165, 1.54) is 11.3 Å². The number of amides is 1. The number of thiazole rings is 1. The third kappa shape index (κ3) is 4.20. The maximum atomic E-state index is 13.6. The van der Waals surface area contributed by atoms with Crippen molar-refractivity contribution in [1.82, 2.24) is 19.9 Å². The highest BCUT2D eigenvalue weighted by atomic mass is 32.1. The Labute approximate surface area is 180 Å². The first-order valence-corrected chi connectivity index (χ1v) is 11.0. The van der Waals surface area contributed by atoms with Gasteiger partial charge in [-0.1, -0.05) is 25.1 Å². The van der Waals surface area contributed by atoms with Crippen LogP contribution in [-0.4, -0.2) is 51.5 Å². The lowest BCUT2D eigenvalue weighted by atomic mass is 10.0. The number of aryl methyl sites for hydroxylation is 2. The van der Waals surface area contributed by atoms with Crippen molar-refractivity contribution in [2.75, 3.05) is 24.8 Å². The van der Waals surface area contributed by atoms with E-state index in [9.17, 15) is 4.79 Å². The second-order valence-corrected chi connectivity index (χ2v) is 8.15. The van der Waals surface area contributed by atoms with Gasteiger partial charge in [0.2, 0.25) is 0 Å². The van der Waals surface area contributed by atoms with Crippen LogP contribution >= 0.6 is 11.3 Å². The number of carbonyl (C=O) groups excluding carboxylic acids is 1. The van der Waals surface area contributed by atoms with E-state index in [-0.39, 0.29) is 11.9 Å². The molecule has 0 radical (unpaired) electrons. The predicted molar refractivity (Wildman–Crippen MR) is 117 cm³/mol. The summed E-state index contributed by atoms with van der Waals surface area (Å²) in [7, 11) is 0. The molecule has 1 aliphatic rings. The van der Waals surface area contributed by atoms with Gasteiger partial charge >= 0.3 is 0 Å². The summed E-state index contributed by atoms with van der Waals surface area (Å²) in [6.07, 6.45) is 2.57. The van der Waals surface area contributed by atoms with Gasteiger partial charge in [-0.25, -0.2) is 20.0 Å². The van der Waals surface area contributed by atoms with Crippen molar-refractivity contribution in [3.63, 3.8) is 0 Å². The Bertz CT molecular complexity index is 1000. The standard InChI is InChI=1S/C22H25N5O2S/c1-4-17-14-29-27(20-13-15(2)24-16(3)25-20)11-10-26(17)22(28)19-8-6-5-7-18(19)21-23-9-12-30-21/h5-9,12-13,17H,4,10-11,14H2,1-3H3/t17-/m1/s1. The first-order valence-electron chi connectivity index (χ1n) is 10.1. The Balaban J connectivity index is 1.60. The first kappa shape index (κ1) is 20.4. The summed E-state index contributed by atoms with van der Waals surface area (Å²) in [4.78, 5) is 34.8. The van der Waals surface area contributed by atoms with Crippen LogP contribution in [0.3, 0.4) is 0 Å². The number of hydrogen-bond acceptors (Lipinski definition) is 7. The van der Waals surface area contributed by atoms with Crippen molar-refractivity contribution in [3.05, 3.63) is 59.0 Å². The molecule has 1 amide bonds. The minimum atomic E-state index is -0.0177. The van der Waals surface area contributed by atoms with Gasteiger partial charge in [0.05, 0.1) is 19.2 Å². The Morgan fingerprint density at radius 1 is 1.23 bits per heavy atom. The van der Waals surface area contributed by atoms with Crippen LogP contribution in [-0.2, 0) is 4.84 Å². The van der Waals surface area contributed by atoms with Crippen LogP contribution in [0, 0.1) is 13.8 Å². The molecule has 1 saturated heterocycles. The summed E-state index contributed by atoms with van der Waals surface area (Å²) in [5, 5.41) is 4.56. The number of nitrogens with zero attached hydrogens (tertiary/aromatic N) is 5. The monoisotopic (exact) mass is 423 g/mol. The molecule has 1 aromatic carbocycles. The minimum Gasteiger partial charge on any atom is -0.331 e. The molecule has 2 aromatic heterocycles. The summed E-state index contributed by atoms with van der Waals surface area (Å²) in [5.74, 6) is 1.44. The molecule has 0 bridgehead atoms. The lowest BCUT2D eigenvalue weighted by Crippen LogP contribution is -2.42. The topological polar surface area (TPSA) is 71.5 Å². The molecule has 7 nitrogen and oxygen atoms in total. The molecule has 1 fully saturated rings. The molecule has 1 atom stereocenters. The fraction of sp³-hybridized carbons (Fsp3) is 0.364. The summed E-state index contributed by atoms with van der Waals surface area (Å²) >= 11 is 1.54. The molecule has 8 heteroatoms. The minimum absolute atomic E-state index is 0.00755. The van der Waals surface area contributed by atoms with E-state index in [0.717, 1.165) is 28.5 Å². The van der Waals surface area contributed by atoms with Crippen LogP contribution in [0.4, 0.5) is 5.82 Å². The average molecular weight is 424 g/mol. The van der Waals surface area contributed by atoms with Crippen molar-refractivity contribution in [1.29, 1.82) is 0 Å². The van der Waals surface area contributed by atoms with E-state index in [1.807, 2.05) is 54.5 Å². The smallest absolute Gasteiger partial charge is 0.254 e. The fourth-order valence-corrected chi connectivity index (χ4v) is 4.37. The molecule has 0 saturated carbocycles. The molecule has 0 unspecified atom stereocenters. The van der Waals surface area contributed by atoms with Crippen LogP contribution in [0.25, 0.3) is 10.6 Å². The molecular formula is C22H25N5O2S. The highest BCUT2D eigenvalue weighted by molar-refractivity contribution is 7.13. The SMILES string of the molecule is CC[C@@H]1CON(c2cc(C)nc(C)n2)CCN1C(=O)c1ccccc1-c1nccs1. The molecular weight excluding hydrogens is 398 g/mol. The fourth-order valence-electron chi connectivity index (χ4n) is 3.69. The predicted octanol–water partition coefficient (Wildman–Crippen LogP) is 3.89. The number of aromatic nitrogens is 3. The maximum absolute atomic E-state index is 13.6. The van der Waals surface area contributed by atoms with E-state index in [2.05, 4.69) is 21.9 Å². The zero-order valence-corrected chi connectivity index (χ0v) is 18.2. The number of hydroxylamine groups is 1.